The van der Waals surface area contributed by atoms with E-state index in [1.54, 1.807) is 0 Å². The lowest BCUT2D eigenvalue weighted by molar-refractivity contribution is 0.304. The van der Waals surface area contributed by atoms with Crippen molar-refractivity contribution in [3.63, 3.8) is 0 Å². The topological polar surface area (TPSA) is 38.0 Å². The van der Waals surface area contributed by atoms with E-state index in [1.807, 2.05) is 0 Å². The van der Waals surface area contributed by atoms with E-state index in [4.69, 9.17) is 5.73 Å². The second-order valence-electron chi connectivity index (χ2n) is 4.50. The molecule has 0 bridgehead atoms. The smallest absolute Gasteiger partial charge is 0.166 e. The molecule has 0 aliphatic carbocycles. The fraction of sp³-hybridized carbons (Fsp3) is 0.500. The highest BCUT2D eigenvalue weighted by Gasteiger charge is 2.29. The van der Waals surface area contributed by atoms with Gasteiger partial charge in [-0.1, -0.05) is 0 Å². The van der Waals surface area contributed by atoms with E-state index in [-0.39, 0.29) is 24.4 Å². The third-order valence-electron chi connectivity index (χ3n) is 3.37. The molecular weight excluding hydrogens is 284 g/mol. The maximum atomic E-state index is 13.6. The first-order valence-corrected chi connectivity index (χ1v) is 5.81. The van der Waals surface area contributed by atoms with Crippen molar-refractivity contribution in [1.82, 2.24) is 5.32 Å². The summed E-state index contributed by atoms with van der Waals surface area (Å²) in [5.74, 6) is -5.78. The minimum Gasteiger partial charge on any atom is -0.324 e. The predicted octanol–water partition coefficient (Wildman–Crippen LogP) is 2.66. The number of hydrogen-bond acceptors (Lipinski definition) is 2. The predicted molar refractivity (Wildman–Crippen MR) is 66.0 cm³/mol. The number of hydrogen-bond donors (Lipinski definition) is 2. The molecule has 0 saturated carbocycles. The van der Waals surface area contributed by atoms with Crippen LogP contribution in [0.2, 0.25) is 0 Å². The summed E-state index contributed by atoms with van der Waals surface area (Å²) in [4.78, 5) is 0. The SMILES string of the molecule is Cl.N[C@@H](c1c(F)c(F)cc(F)c1F)C1CCNCC1. The highest BCUT2D eigenvalue weighted by Crippen LogP contribution is 2.32. The van der Waals surface area contributed by atoms with Crippen LogP contribution in [-0.4, -0.2) is 13.1 Å². The van der Waals surface area contributed by atoms with Gasteiger partial charge in [-0.2, -0.15) is 0 Å². The number of benzene rings is 1. The molecule has 0 spiro atoms. The Morgan fingerprint density at radius 2 is 1.53 bits per heavy atom. The van der Waals surface area contributed by atoms with Crippen LogP contribution in [0, 0.1) is 29.2 Å². The molecule has 1 aromatic rings. The molecule has 0 aromatic heterocycles. The Kier molecular flexibility index (Phi) is 5.58. The van der Waals surface area contributed by atoms with Crippen LogP contribution < -0.4 is 11.1 Å². The first-order chi connectivity index (χ1) is 8.52. The first-order valence-electron chi connectivity index (χ1n) is 5.81. The molecule has 1 saturated heterocycles. The summed E-state index contributed by atoms with van der Waals surface area (Å²) < 4.78 is 53.3. The van der Waals surface area contributed by atoms with Gasteiger partial charge in [-0.05, 0) is 31.8 Å². The van der Waals surface area contributed by atoms with Crippen LogP contribution in [0.25, 0.3) is 0 Å². The molecule has 1 aromatic carbocycles. The van der Waals surface area contributed by atoms with Crippen LogP contribution >= 0.6 is 12.4 Å². The van der Waals surface area contributed by atoms with Gasteiger partial charge in [-0.25, -0.2) is 17.6 Å². The normalized spacial score (nSPS) is 17.9. The van der Waals surface area contributed by atoms with E-state index in [0.29, 0.717) is 25.9 Å². The lowest BCUT2D eigenvalue weighted by atomic mass is 9.86. The number of rotatable bonds is 2. The molecule has 108 valence electrons. The zero-order valence-corrected chi connectivity index (χ0v) is 10.9. The van der Waals surface area contributed by atoms with Gasteiger partial charge in [-0.15, -0.1) is 12.4 Å². The summed E-state index contributed by atoms with van der Waals surface area (Å²) in [6.07, 6.45) is 1.25. The highest BCUT2D eigenvalue weighted by molar-refractivity contribution is 5.85. The molecule has 1 aliphatic heterocycles. The molecule has 19 heavy (non-hydrogen) atoms. The molecular formula is C12H15ClF4N2. The Labute approximate surface area is 114 Å². The van der Waals surface area contributed by atoms with E-state index in [9.17, 15) is 17.6 Å². The van der Waals surface area contributed by atoms with Gasteiger partial charge in [-0.3, -0.25) is 0 Å². The van der Waals surface area contributed by atoms with Crippen molar-refractivity contribution in [2.45, 2.75) is 18.9 Å². The van der Waals surface area contributed by atoms with Crippen molar-refractivity contribution in [2.24, 2.45) is 11.7 Å². The maximum Gasteiger partial charge on any atom is 0.166 e. The van der Waals surface area contributed by atoms with E-state index < -0.39 is 34.9 Å². The molecule has 0 unspecified atom stereocenters. The molecule has 7 heteroatoms. The largest absolute Gasteiger partial charge is 0.324 e. The van der Waals surface area contributed by atoms with Gasteiger partial charge in [0.05, 0.1) is 0 Å². The van der Waals surface area contributed by atoms with Gasteiger partial charge >= 0.3 is 0 Å². The monoisotopic (exact) mass is 298 g/mol. The van der Waals surface area contributed by atoms with Gasteiger partial charge in [0.15, 0.2) is 23.3 Å². The molecule has 2 nitrogen and oxygen atoms in total. The minimum absolute atomic E-state index is 0. The zero-order chi connectivity index (χ0) is 13.3. The highest BCUT2D eigenvalue weighted by atomic mass is 35.5. The quantitative estimate of drug-likeness (QED) is 0.651. The van der Waals surface area contributed by atoms with Gasteiger partial charge in [0.1, 0.15) is 0 Å². The second-order valence-corrected chi connectivity index (χ2v) is 4.50. The van der Waals surface area contributed by atoms with Crippen LogP contribution in [0.3, 0.4) is 0 Å². The van der Waals surface area contributed by atoms with Crippen molar-refractivity contribution >= 4 is 12.4 Å². The maximum absolute atomic E-state index is 13.6. The van der Waals surface area contributed by atoms with Gasteiger partial charge < -0.3 is 11.1 Å². The Morgan fingerprint density at radius 1 is 1.05 bits per heavy atom. The van der Waals surface area contributed by atoms with Crippen molar-refractivity contribution in [1.29, 1.82) is 0 Å². The molecule has 3 N–H and O–H groups in total. The van der Waals surface area contributed by atoms with Gasteiger partial charge in [0.25, 0.3) is 0 Å². The van der Waals surface area contributed by atoms with Crippen molar-refractivity contribution in [3.8, 4) is 0 Å². The molecule has 1 heterocycles. The summed E-state index contributed by atoms with van der Waals surface area (Å²) in [6, 6.07) is -0.833. The van der Waals surface area contributed by atoms with E-state index in [1.165, 1.54) is 0 Å². The van der Waals surface area contributed by atoms with Crippen LogP contribution in [0.1, 0.15) is 24.4 Å². The summed E-state index contributed by atoms with van der Waals surface area (Å²) in [7, 11) is 0. The molecule has 1 atom stereocenters. The van der Waals surface area contributed by atoms with Crippen molar-refractivity contribution in [2.75, 3.05) is 13.1 Å². The van der Waals surface area contributed by atoms with Crippen LogP contribution in [0.4, 0.5) is 17.6 Å². The van der Waals surface area contributed by atoms with Crippen molar-refractivity contribution in [3.05, 3.63) is 34.9 Å². The summed E-state index contributed by atoms with van der Waals surface area (Å²) in [6.45, 7) is 1.36. The fourth-order valence-corrected chi connectivity index (χ4v) is 2.32. The second kappa shape index (κ2) is 6.54. The van der Waals surface area contributed by atoms with Crippen LogP contribution in [0.15, 0.2) is 6.07 Å². The summed E-state index contributed by atoms with van der Waals surface area (Å²) in [5, 5.41) is 3.08. The number of nitrogens with two attached hydrogens (primary N) is 1. The third-order valence-corrected chi connectivity index (χ3v) is 3.37. The average Bonchev–Trinajstić information content (AvgIpc) is 2.37. The van der Waals surface area contributed by atoms with Gasteiger partial charge in [0, 0.05) is 17.7 Å². The Bertz CT molecular complexity index is 424. The standard InChI is InChI=1S/C12H14F4N2.ClH/c13-7-5-8(14)11(16)9(10(7)15)12(17)6-1-3-18-4-2-6;/h5-6,12,18H,1-4,17H2;1H/t12-;/m1./s1. The molecule has 2 rings (SSSR count). The first kappa shape index (κ1) is 16.2. The zero-order valence-electron chi connectivity index (χ0n) is 10.1. The fourth-order valence-electron chi connectivity index (χ4n) is 2.32. The average molecular weight is 299 g/mol. The molecule has 1 fully saturated rings. The van der Waals surface area contributed by atoms with Crippen LogP contribution in [0.5, 0.6) is 0 Å². The summed E-state index contributed by atoms with van der Waals surface area (Å²) >= 11 is 0. The van der Waals surface area contributed by atoms with E-state index in [0.717, 1.165) is 0 Å². The third kappa shape index (κ3) is 3.19. The van der Waals surface area contributed by atoms with Gasteiger partial charge in [0.2, 0.25) is 0 Å². The summed E-state index contributed by atoms with van der Waals surface area (Å²) in [5.41, 5.74) is 5.09. The molecule has 1 aliphatic rings. The number of nitrogens with one attached hydrogen (secondary N) is 1. The van der Waals surface area contributed by atoms with E-state index in [2.05, 4.69) is 5.32 Å². The van der Waals surface area contributed by atoms with Crippen LogP contribution in [-0.2, 0) is 0 Å². The molecule has 0 radical (unpaired) electrons. The number of halogens is 5. The Balaban J connectivity index is 0.00000180. The lowest BCUT2D eigenvalue weighted by Gasteiger charge is -2.28. The lowest BCUT2D eigenvalue weighted by Crippen LogP contribution is -2.34. The Morgan fingerprint density at radius 3 is 2.00 bits per heavy atom. The number of piperidine rings is 1. The Hall–Kier alpha value is -0.850. The van der Waals surface area contributed by atoms with Crippen molar-refractivity contribution < 1.29 is 17.6 Å². The molecule has 0 amide bonds. The van der Waals surface area contributed by atoms with E-state index >= 15 is 0 Å². The minimum atomic E-state index is -1.41.